The Morgan fingerprint density at radius 1 is 1.21 bits per heavy atom. The zero-order chi connectivity index (χ0) is 13.8. The Kier molecular flexibility index (Phi) is 3.94. The molecule has 0 saturated carbocycles. The number of benzene rings is 1. The molecule has 19 heavy (non-hydrogen) atoms. The highest BCUT2D eigenvalue weighted by Gasteiger charge is 2.08. The Labute approximate surface area is 112 Å². The normalized spacial score (nSPS) is 10.7. The lowest BCUT2D eigenvalue weighted by Crippen LogP contribution is -2.09. The molecule has 5 heteroatoms. The maximum Gasteiger partial charge on any atom is 0.223 e. The van der Waals surface area contributed by atoms with Gasteiger partial charge in [-0.25, -0.2) is 4.98 Å². The summed E-state index contributed by atoms with van der Waals surface area (Å²) in [6.07, 6.45) is 0.615. The molecule has 0 amide bonds. The number of hydrogen-bond acceptors (Lipinski definition) is 5. The Balaban J connectivity index is 2.27. The predicted octanol–water partition coefficient (Wildman–Crippen LogP) is 2.18. The van der Waals surface area contributed by atoms with Gasteiger partial charge in [0, 0.05) is 12.3 Å². The first-order chi connectivity index (χ1) is 9.08. The molecular weight excluding hydrogens is 240 g/mol. The van der Waals surface area contributed by atoms with E-state index in [4.69, 9.17) is 10.5 Å². The third-order valence-corrected chi connectivity index (χ3v) is 2.73. The van der Waals surface area contributed by atoms with Crippen LogP contribution in [0.5, 0.6) is 5.75 Å². The highest BCUT2D eigenvalue weighted by atomic mass is 16.5. The van der Waals surface area contributed by atoms with Crippen molar-refractivity contribution in [2.24, 2.45) is 0 Å². The van der Waals surface area contributed by atoms with Crippen molar-refractivity contribution >= 4 is 5.95 Å². The van der Waals surface area contributed by atoms with Crippen LogP contribution in [0, 0.1) is 0 Å². The fourth-order valence-electron chi connectivity index (χ4n) is 1.76. The van der Waals surface area contributed by atoms with Gasteiger partial charge in [-0.1, -0.05) is 26.0 Å². The molecule has 5 nitrogen and oxygen atoms in total. The van der Waals surface area contributed by atoms with Gasteiger partial charge in [-0.05, 0) is 17.7 Å². The zero-order valence-corrected chi connectivity index (χ0v) is 11.4. The van der Waals surface area contributed by atoms with Crippen LogP contribution >= 0.6 is 0 Å². The molecule has 0 saturated heterocycles. The van der Waals surface area contributed by atoms with Crippen LogP contribution in [-0.2, 0) is 6.42 Å². The smallest absolute Gasteiger partial charge is 0.223 e. The largest absolute Gasteiger partial charge is 0.497 e. The van der Waals surface area contributed by atoms with Crippen molar-refractivity contribution in [3.05, 3.63) is 41.5 Å². The number of rotatable bonds is 4. The minimum Gasteiger partial charge on any atom is -0.497 e. The maximum absolute atomic E-state index is 5.72. The first kappa shape index (κ1) is 13.3. The highest BCUT2D eigenvalue weighted by molar-refractivity contribution is 5.30. The fraction of sp³-hybridized carbons (Fsp3) is 0.357. The van der Waals surface area contributed by atoms with Crippen molar-refractivity contribution in [1.29, 1.82) is 0 Å². The maximum atomic E-state index is 5.72. The lowest BCUT2D eigenvalue weighted by Gasteiger charge is -2.08. The van der Waals surface area contributed by atoms with E-state index in [2.05, 4.69) is 15.0 Å². The number of anilines is 1. The number of nitrogens with two attached hydrogens (primary N) is 1. The summed E-state index contributed by atoms with van der Waals surface area (Å²) in [7, 11) is 1.65. The molecule has 0 fully saturated rings. The number of methoxy groups -OCH3 is 1. The van der Waals surface area contributed by atoms with Crippen molar-refractivity contribution in [3.8, 4) is 5.75 Å². The minimum absolute atomic E-state index is 0.231. The van der Waals surface area contributed by atoms with Crippen molar-refractivity contribution in [1.82, 2.24) is 15.0 Å². The van der Waals surface area contributed by atoms with Gasteiger partial charge < -0.3 is 10.5 Å². The van der Waals surface area contributed by atoms with Gasteiger partial charge in [0.2, 0.25) is 5.95 Å². The van der Waals surface area contributed by atoms with Crippen molar-refractivity contribution in [2.75, 3.05) is 12.8 Å². The van der Waals surface area contributed by atoms with E-state index < -0.39 is 0 Å². The first-order valence-corrected chi connectivity index (χ1v) is 6.21. The fourth-order valence-corrected chi connectivity index (χ4v) is 1.76. The number of hydrogen-bond donors (Lipinski definition) is 1. The second kappa shape index (κ2) is 5.65. The average molecular weight is 258 g/mol. The van der Waals surface area contributed by atoms with Gasteiger partial charge in [0.25, 0.3) is 0 Å². The Hall–Kier alpha value is -2.17. The van der Waals surface area contributed by atoms with Gasteiger partial charge >= 0.3 is 0 Å². The van der Waals surface area contributed by atoms with Crippen LogP contribution in [0.15, 0.2) is 24.3 Å². The lowest BCUT2D eigenvalue weighted by atomic mass is 10.1. The van der Waals surface area contributed by atoms with E-state index in [0.717, 1.165) is 17.1 Å². The molecule has 0 radical (unpaired) electrons. The summed E-state index contributed by atoms with van der Waals surface area (Å²) in [5.74, 6) is 2.74. The molecule has 2 aromatic rings. The van der Waals surface area contributed by atoms with Gasteiger partial charge in [-0.2, -0.15) is 9.97 Å². The molecule has 0 aliphatic carbocycles. The second-order valence-corrected chi connectivity index (χ2v) is 4.65. The van der Waals surface area contributed by atoms with Crippen LogP contribution in [0.1, 0.15) is 37.0 Å². The average Bonchev–Trinajstić information content (AvgIpc) is 2.38. The SMILES string of the molecule is COc1cccc(Cc2nc(N)nc(C(C)C)n2)c1. The lowest BCUT2D eigenvalue weighted by molar-refractivity contribution is 0.414. The molecule has 0 aliphatic rings. The van der Waals surface area contributed by atoms with Crippen LogP contribution in [0.25, 0.3) is 0 Å². The Morgan fingerprint density at radius 2 is 2.00 bits per heavy atom. The zero-order valence-electron chi connectivity index (χ0n) is 11.4. The standard InChI is InChI=1S/C14H18N4O/c1-9(2)13-16-12(17-14(15)18-13)8-10-5-4-6-11(7-10)19-3/h4-7,9H,8H2,1-3H3,(H2,15,16,17,18). The molecule has 0 spiro atoms. The second-order valence-electron chi connectivity index (χ2n) is 4.65. The van der Waals surface area contributed by atoms with Crippen LogP contribution in [-0.4, -0.2) is 22.1 Å². The van der Waals surface area contributed by atoms with Crippen molar-refractivity contribution in [3.63, 3.8) is 0 Å². The highest BCUT2D eigenvalue weighted by Crippen LogP contribution is 2.16. The molecule has 1 heterocycles. The predicted molar refractivity (Wildman–Crippen MR) is 74.1 cm³/mol. The molecule has 0 bridgehead atoms. The number of nitrogen functional groups attached to an aromatic ring is 1. The van der Waals surface area contributed by atoms with E-state index in [1.807, 2.05) is 38.1 Å². The van der Waals surface area contributed by atoms with E-state index >= 15 is 0 Å². The van der Waals surface area contributed by atoms with E-state index in [9.17, 15) is 0 Å². The van der Waals surface area contributed by atoms with Gasteiger partial charge in [-0.3, -0.25) is 0 Å². The molecule has 0 aliphatic heterocycles. The van der Waals surface area contributed by atoms with Crippen LogP contribution in [0.4, 0.5) is 5.95 Å². The first-order valence-electron chi connectivity index (χ1n) is 6.21. The topological polar surface area (TPSA) is 73.9 Å². The molecule has 1 aromatic heterocycles. The number of nitrogens with zero attached hydrogens (tertiary/aromatic N) is 3. The summed E-state index contributed by atoms with van der Waals surface area (Å²) in [5, 5.41) is 0. The van der Waals surface area contributed by atoms with Crippen LogP contribution in [0.3, 0.4) is 0 Å². The summed E-state index contributed by atoms with van der Waals surface area (Å²) < 4.78 is 5.20. The van der Waals surface area contributed by atoms with E-state index in [0.29, 0.717) is 12.2 Å². The van der Waals surface area contributed by atoms with Gasteiger partial charge in [0.1, 0.15) is 17.4 Å². The summed E-state index contributed by atoms with van der Waals surface area (Å²) in [4.78, 5) is 12.8. The molecule has 1 aromatic carbocycles. The Morgan fingerprint density at radius 3 is 2.68 bits per heavy atom. The van der Waals surface area contributed by atoms with Gasteiger partial charge in [0.15, 0.2) is 0 Å². The van der Waals surface area contributed by atoms with E-state index in [1.54, 1.807) is 7.11 Å². The quantitative estimate of drug-likeness (QED) is 0.909. The third kappa shape index (κ3) is 3.40. The molecule has 0 unspecified atom stereocenters. The van der Waals surface area contributed by atoms with Gasteiger partial charge in [-0.15, -0.1) is 0 Å². The molecule has 100 valence electrons. The monoisotopic (exact) mass is 258 g/mol. The van der Waals surface area contributed by atoms with Crippen molar-refractivity contribution in [2.45, 2.75) is 26.2 Å². The summed E-state index contributed by atoms with van der Waals surface area (Å²) >= 11 is 0. The van der Waals surface area contributed by atoms with Gasteiger partial charge in [0.05, 0.1) is 7.11 Å². The van der Waals surface area contributed by atoms with Crippen LogP contribution in [0.2, 0.25) is 0 Å². The summed E-state index contributed by atoms with van der Waals surface area (Å²) in [5.41, 5.74) is 6.80. The molecule has 2 rings (SSSR count). The Bertz CT molecular complexity index is 569. The van der Waals surface area contributed by atoms with Crippen molar-refractivity contribution < 1.29 is 4.74 Å². The third-order valence-electron chi connectivity index (χ3n) is 2.73. The number of aromatic nitrogens is 3. The summed E-state index contributed by atoms with van der Waals surface area (Å²) in [6, 6.07) is 7.83. The molecular formula is C14H18N4O. The van der Waals surface area contributed by atoms with E-state index in [1.165, 1.54) is 0 Å². The van der Waals surface area contributed by atoms with Crippen LogP contribution < -0.4 is 10.5 Å². The summed E-state index contributed by atoms with van der Waals surface area (Å²) in [6.45, 7) is 4.06. The molecule has 2 N–H and O–H groups in total. The van der Waals surface area contributed by atoms with E-state index in [-0.39, 0.29) is 11.9 Å². The minimum atomic E-state index is 0.231. The number of ether oxygens (including phenoxy) is 1. The molecule has 0 atom stereocenters.